The van der Waals surface area contributed by atoms with Crippen molar-refractivity contribution in [2.45, 2.75) is 57.3 Å². The Morgan fingerprint density at radius 1 is 1.09 bits per heavy atom. The Balaban J connectivity index is 1.36. The quantitative estimate of drug-likeness (QED) is 0.505. The molecule has 1 aliphatic carbocycles. The lowest BCUT2D eigenvalue weighted by molar-refractivity contribution is -0.125. The van der Waals surface area contributed by atoms with E-state index in [0.717, 1.165) is 42.5 Å². The summed E-state index contributed by atoms with van der Waals surface area (Å²) < 4.78 is 1.71. The van der Waals surface area contributed by atoms with Gasteiger partial charge in [0.2, 0.25) is 5.91 Å². The molecule has 5 rings (SSSR count). The zero-order chi connectivity index (χ0) is 22.8. The number of carbonyl (C=O) groups is 2. The molecule has 1 aliphatic heterocycles. The molecular weight excluding hydrogens is 414 g/mol. The van der Waals surface area contributed by atoms with Crippen LogP contribution in [-0.4, -0.2) is 27.6 Å². The number of nitrogens with one attached hydrogen (secondary N) is 3. The van der Waals surface area contributed by atoms with E-state index >= 15 is 0 Å². The molecule has 7 heteroatoms. The zero-order valence-electron chi connectivity index (χ0n) is 18.8. The lowest BCUT2D eigenvalue weighted by atomic mass is 10.0. The van der Waals surface area contributed by atoms with Gasteiger partial charge < -0.3 is 10.6 Å². The van der Waals surface area contributed by atoms with E-state index in [2.05, 4.69) is 22.9 Å². The molecule has 2 atom stereocenters. The summed E-state index contributed by atoms with van der Waals surface area (Å²) in [6.45, 7) is 2.11. The third-order valence-corrected chi connectivity index (χ3v) is 6.25. The van der Waals surface area contributed by atoms with Crippen molar-refractivity contribution in [1.82, 2.24) is 20.4 Å². The minimum Gasteiger partial charge on any atom is -0.322 e. The minimum absolute atomic E-state index is 0.00514. The number of rotatable bonds is 7. The molecule has 3 aromatic rings. The number of carbonyl (C=O) groups excluding carboxylic acids is 2. The van der Waals surface area contributed by atoms with Crippen molar-refractivity contribution in [3.05, 3.63) is 71.9 Å². The van der Waals surface area contributed by atoms with Crippen molar-refractivity contribution in [2.24, 2.45) is 0 Å². The van der Waals surface area contributed by atoms with Gasteiger partial charge in [-0.05, 0) is 42.5 Å². The van der Waals surface area contributed by atoms with Crippen molar-refractivity contribution in [3.63, 3.8) is 0 Å². The molecule has 3 N–H and O–H groups in total. The predicted octanol–water partition coefficient (Wildman–Crippen LogP) is 4.41. The van der Waals surface area contributed by atoms with Crippen LogP contribution < -0.4 is 16.0 Å². The first-order chi connectivity index (χ1) is 16.1. The lowest BCUT2D eigenvalue weighted by Crippen LogP contribution is -2.53. The van der Waals surface area contributed by atoms with Crippen LogP contribution in [0.2, 0.25) is 0 Å². The van der Waals surface area contributed by atoms with Crippen LogP contribution in [0.5, 0.6) is 0 Å². The summed E-state index contributed by atoms with van der Waals surface area (Å²) in [5.41, 5.74) is 3.69. The van der Waals surface area contributed by atoms with E-state index < -0.39 is 6.29 Å². The first-order valence-electron chi connectivity index (χ1n) is 11.7. The number of hydrogen-bond acceptors (Lipinski definition) is 4. The largest absolute Gasteiger partial charge is 0.322 e. The van der Waals surface area contributed by atoms with E-state index in [1.54, 1.807) is 4.68 Å². The van der Waals surface area contributed by atoms with Gasteiger partial charge in [-0.3, -0.25) is 14.9 Å². The Kier molecular flexibility index (Phi) is 5.96. The third-order valence-electron chi connectivity index (χ3n) is 6.25. The molecule has 1 aromatic heterocycles. The van der Waals surface area contributed by atoms with E-state index in [1.165, 1.54) is 0 Å². The van der Waals surface area contributed by atoms with Gasteiger partial charge in [-0.1, -0.05) is 55.8 Å². The first-order valence-corrected chi connectivity index (χ1v) is 11.7. The molecule has 2 aliphatic rings. The van der Waals surface area contributed by atoms with Gasteiger partial charge in [0.25, 0.3) is 5.91 Å². The number of benzene rings is 2. The SMILES string of the molecule is CCCC1CC(=O)NC(n2nc(C3CC3)cc2NC(=O)c2ccc(-c3ccccc3)cc2)N1. The summed E-state index contributed by atoms with van der Waals surface area (Å²) in [5, 5.41) is 14.2. The molecule has 2 fully saturated rings. The molecule has 170 valence electrons. The van der Waals surface area contributed by atoms with Gasteiger partial charge in [-0.2, -0.15) is 5.10 Å². The Morgan fingerprint density at radius 2 is 1.82 bits per heavy atom. The zero-order valence-corrected chi connectivity index (χ0v) is 18.8. The predicted molar refractivity (Wildman–Crippen MR) is 128 cm³/mol. The maximum Gasteiger partial charge on any atom is 0.256 e. The normalized spacial score (nSPS) is 20.3. The summed E-state index contributed by atoms with van der Waals surface area (Å²) in [4.78, 5) is 25.4. The van der Waals surface area contributed by atoms with Gasteiger partial charge in [0.05, 0.1) is 5.69 Å². The topological polar surface area (TPSA) is 88.1 Å². The Labute approximate surface area is 193 Å². The highest BCUT2D eigenvalue weighted by molar-refractivity contribution is 6.04. The molecule has 2 amide bonds. The van der Waals surface area contributed by atoms with Gasteiger partial charge in [-0.25, -0.2) is 4.68 Å². The van der Waals surface area contributed by atoms with E-state index in [1.807, 2.05) is 60.7 Å². The second-order valence-electron chi connectivity index (χ2n) is 8.90. The van der Waals surface area contributed by atoms with Crippen LogP contribution in [0.3, 0.4) is 0 Å². The van der Waals surface area contributed by atoms with Crippen molar-refractivity contribution in [1.29, 1.82) is 0 Å². The summed E-state index contributed by atoms with van der Waals surface area (Å²) in [7, 11) is 0. The second-order valence-corrected chi connectivity index (χ2v) is 8.90. The first kappa shape index (κ1) is 21.4. The van der Waals surface area contributed by atoms with Crippen LogP contribution in [-0.2, 0) is 4.79 Å². The number of aromatic nitrogens is 2. The van der Waals surface area contributed by atoms with E-state index in [-0.39, 0.29) is 17.9 Å². The Morgan fingerprint density at radius 3 is 2.52 bits per heavy atom. The monoisotopic (exact) mass is 443 g/mol. The summed E-state index contributed by atoms with van der Waals surface area (Å²) in [6.07, 6.45) is 4.09. The van der Waals surface area contributed by atoms with Gasteiger partial charge >= 0.3 is 0 Å². The van der Waals surface area contributed by atoms with Crippen LogP contribution in [0.1, 0.15) is 67.3 Å². The lowest BCUT2D eigenvalue weighted by Gasteiger charge is -2.32. The standard InChI is InChI=1S/C26H29N5O2/c1-2-6-21-15-24(32)29-26(27-21)31-23(16-22(30-31)19-11-12-19)28-25(33)20-13-9-18(10-14-20)17-7-4-3-5-8-17/h3-5,7-10,13-14,16,19,21,26-27H,2,6,11-12,15H2,1H3,(H,28,33)(H,29,32). The third kappa shape index (κ3) is 4.83. The van der Waals surface area contributed by atoms with E-state index in [4.69, 9.17) is 5.10 Å². The highest BCUT2D eigenvalue weighted by Crippen LogP contribution is 2.40. The summed E-state index contributed by atoms with van der Waals surface area (Å²) in [5.74, 6) is 0.807. The van der Waals surface area contributed by atoms with Crippen LogP contribution in [0.25, 0.3) is 11.1 Å². The summed E-state index contributed by atoms with van der Waals surface area (Å²) in [6, 6.07) is 19.7. The fourth-order valence-corrected chi connectivity index (χ4v) is 4.34. The maximum absolute atomic E-state index is 13.1. The molecule has 0 radical (unpaired) electrons. The molecule has 1 saturated carbocycles. The van der Waals surface area contributed by atoms with Crippen LogP contribution in [0.15, 0.2) is 60.7 Å². The molecule has 0 spiro atoms. The average Bonchev–Trinajstić information content (AvgIpc) is 3.60. The minimum atomic E-state index is -0.481. The van der Waals surface area contributed by atoms with Crippen LogP contribution in [0.4, 0.5) is 5.82 Å². The Hall–Kier alpha value is -3.45. The fourth-order valence-electron chi connectivity index (χ4n) is 4.34. The van der Waals surface area contributed by atoms with Gasteiger partial charge in [0.15, 0.2) is 6.29 Å². The van der Waals surface area contributed by atoms with Gasteiger partial charge in [0, 0.05) is 30.0 Å². The highest BCUT2D eigenvalue weighted by Gasteiger charge is 2.32. The van der Waals surface area contributed by atoms with Crippen LogP contribution in [0, 0.1) is 0 Å². The molecule has 1 saturated heterocycles. The average molecular weight is 444 g/mol. The van der Waals surface area contributed by atoms with E-state index in [0.29, 0.717) is 23.7 Å². The molecule has 2 heterocycles. The number of nitrogens with zero attached hydrogens (tertiary/aromatic N) is 2. The molecular formula is C26H29N5O2. The van der Waals surface area contributed by atoms with Crippen molar-refractivity contribution >= 4 is 17.6 Å². The molecule has 33 heavy (non-hydrogen) atoms. The van der Waals surface area contributed by atoms with Crippen molar-refractivity contribution < 1.29 is 9.59 Å². The van der Waals surface area contributed by atoms with Gasteiger partial charge in [-0.15, -0.1) is 0 Å². The van der Waals surface area contributed by atoms with Crippen molar-refractivity contribution in [2.75, 3.05) is 5.32 Å². The summed E-state index contributed by atoms with van der Waals surface area (Å²) >= 11 is 0. The smallest absolute Gasteiger partial charge is 0.256 e. The fraction of sp³-hybridized carbons (Fsp3) is 0.346. The number of hydrogen-bond donors (Lipinski definition) is 3. The molecule has 2 unspecified atom stereocenters. The van der Waals surface area contributed by atoms with Crippen LogP contribution >= 0.6 is 0 Å². The maximum atomic E-state index is 13.1. The second kappa shape index (κ2) is 9.19. The number of anilines is 1. The Bertz CT molecular complexity index is 1140. The van der Waals surface area contributed by atoms with E-state index in [9.17, 15) is 9.59 Å². The molecule has 7 nitrogen and oxygen atoms in total. The number of amides is 2. The molecule has 2 aromatic carbocycles. The van der Waals surface area contributed by atoms with Gasteiger partial charge in [0.1, 0.15) is 5.82 Å². The van der Waals surface area contributed by atoms with Crippen molar-refractivity contribution in [3.8, 4) is 11.1 Å². The molecule has 0 bridgehead atoms. The highest BCUT2D eigenvalue weighted by atomic mass is 16.2.